The maximum Gasteiger partial charge on any atom is 0.418 e. The highest BCUT2D eigenvalue weighted by Gasteiger charge is 2.41. The zero-order valence-electron chi connectivity index (χ0n) is 19.8. The quantitative estimate of drug-likeness (QED) is 0.520. The number of thiazole rings is 1. The molecule has 0 unspecified atom stereocenters. The highest BCUT2D eigenvalue weighted by molar-refractivity contribution is 8.18. The van der Waals surface area contributed by atoms with Crippen LogP contribution >= 0.6 is 23.1 Å². The van der Waals surface area contributed by atoms with Crippen LogP contribution in [0, 0.1) is 0 Å². The first-order chi connectivity index (χ1) is 17.7. The van der Waals surface area contributed by atoms with E-state index < -0.39 is 29.4 Å². The summed E-state index contributed by atoms with van der Waals surface area (Å²) < 4.78 is 48.0. The van der Waals surface area contributed by atoms with Crippen LogP contribution in [0.1, 0.15) is 36.1 Å². The van der Waals surface area contributed by atoms with Gasteiger partial charge in [0.05, 0.1) is 21.7 Å². The summed E-state index contributed by atoms with van der Waals surface area (Å²) in [7, 11) is 1.99. The third kappa shape index (κ3) is 6.16. The van der Waals surface area contributed by atoms with Crippen molar-refractivity contribution in [3.05, 3.63) is 45.3 Å². The normalized spacial score (nSPS) is 21.7. The third-order valence-electron chi connectivity index (χ3n) is 6.10. The molecule has 0 spiro atoms. The lowest BCUT2D eigenvalue weighted by Gasteiger charge is -2.29. The van der Waals surface area contributed by atoms with Gasteiger partial charge in [-0.1, -0.05) is 0 Å². The van der Waals surface area contributed by atoms with Crippen molar-refractivity contribution in [1.29, 1.82) is 0 Å². The number of likely N-dealkylation sites (tertiary alicyclic amines) is 1. The Hall–Kier alpha value is -2.90. The predicted octanol–water partition coefficient (Wildman–Crippen LogP) is 5.11. The van der Waals surface area contributed by atoms with Gasteiger partial charge in [-0.05, 0) is 68.8 Å². The Morgan fingerprint density at radius 1 is 1.24 bits per heavy atom. The molecule has 3 amide bonds. The van der Waals surface area contributed by atoms with E-state index in [1.165, 1.54) is 23.5 Å². The Morgan fingerprint density at radius 3 is 2.65 bits per heavy atom. The molecule has 0 radical (unpaired) electrons. The van der Waals surface area contributed by atoms with E-state index in [4.69, 9.17) is 4.74 Å². The van der Waals surface area contributed by atoms with E-state index in [0.29, 0.717) is 4.88 Å². The molecule has 1 aromatic heterocycles. The Labute approximate surface area is 219 Å². The number of benzene rings is 1. The number of aromatic nitrogens is 1. The fraction of sp³-hybridized carbons (Fsp3) is 0.417. The number of nitrogens with zero attached hydrogens (tertiary/aromatic N) is 4. The van der Waals surface area contributed by atoms with Crippen LogP contribution in [0.15, 0.2) is 39.8 Å². The number of imide groups is 1. The summed E-state index contributed by atoms with van der Waals surface area (Å²) in [4.78, 5) is 37.9. The molecule has 1 N–H and O–H groups in total. The lowest BCUT2D eigenvalue weighted by molar-refractivity contribution is -0.137. The second-order valence-corrected chi connectivity index (χ2v) is 11.0. The van der Waals surface area contributed by atoms with E-state index in [2.05, 4.69) is 20.2 Å². The number of carbonyl (C=O) groups is 2. The summed E-state index contributed by atoms with van der Waals surface area (Å²) in [5.41, 5.74) is 0.191. The molecule has 2 saturated heterocycles. The van der Waals surface area contributed by atoms with Crippen LogP contribution in [0.4, 0.5) is 23.7 Å². The van der Waals surface area contributed by atoms with Gasteiger partial charge in [0.15, 0.2) is 5.17 Å². The summed E-state index contributed by atoms with van der Waals surface area (Å²) in [6.07, 6.45) is 1.23. The Kier molecular flexibility index (Phi) is 7.28. The first kappa shape index (κ1) is 25.7. The molecule has 3 heterocycles. The molecule has 3 fully saturated rings. The van der Waals surface area contributed by atoms with Crippen LogP contribution in [-0.2, 0) is 11.0 Å². The molecule has 0 atom stereocenters. The molecule has 1 aliphatic carbocycles. The number of amides is 3. The van der Waals surface area contributed by atoms with E-state index in [1.807, 2.05) is 7.05 Å². The largest absolute Gasteiger partial charge is 0.490 e. The van der Waals surface area contributed by atoms with Gasteiger partial charge in [0, 0.05) is 30.2 Å². The van der Waals surface area contributed by atoms with Crippen molar-refractivity contribution in [1.82, 2.24) is 20.1 Å². The smallest absolute Gasteiger partial charge is 0.418 e. The van der Waals surface area contributed by atoms with Crippen molar-refractivity contribution in [2.75, 3.05) is 20.1 Å². The van der Waals surface area contributed by atoms with E-state index in [1.54, 1.807) is 17.8 Å². The number of amidine groups is 1. The second-order valence-electron chi connectivity index (χ2n) is 9.07. The molecular weight excluding hydrogens is 527 g/mol. The zero-order valence-corrected chi connectivity index (χ0v) is 21.5. The minimum absolute atomic E-state index is 0.0529. The summed E-state index contributed by atoms with van der Waals surface area (Å²) in [5, 5.41) is 2.57. The molecule has 5 rings (SSSR count). The fourth-order valence-electron chi connectivity index (χ4n) is 3.93. The number of halogens is 3. The number of thioether (sulfide) groups is 1. The molecule has 3 aliphatic rings. The Morgan fingerprint density at radius 2 is 2.00 bits per heavy atom. The number of alkyl halides is 3. The number of rotatable bonds is 5. The molecule has 1 saturated carbocycles. The highest BCUT2D eigenvalue weighted by atomic mass is 32.2. The molecule has 37 heavy (non-hydrogen) atoms. The molecule has 2 aliphatic heterocycles. The average molecular weight is 552 g/mol. The molecule has 0 bridgehead atoms. The van der Waals surface area contributed by atoms with Crippen LogP contribution in [-0.4, -0.2) is 64.2 Å². The van der Waals surface area contributed by atoms with E-state index >= 15 is 0 Å². The number of nitrogens with one attached hydrogen (secondary N) is 1. The van der Waals surface area contributed by atoms with Crippen LogP contribution in [0.3, 0.4) is 0 Å². The van der Waals surface area contributed by atoms with Gasteiger partial charge in [0.2, 0.25) is 0 Å². The van der Waals surface area contributed by atoms with Gasteiger partial charge in [0.25, 0.3) is 5.91 Å². The monoisotopic (exact) mass is 551 g/mol. The molecule has 1 aromatic carbocycles. The van der Waals surface area contributed by atoms with Gasteiger partial charge in [0.1, 0.15) is 11.9 Å². The number of aliphatic imine (C=N–C) groups is 1. The topological polar surface area (TPSA) is 87.1 Å². The predicted molar refractivity (Wildman–Crippen MR) is 136 cm³/mol. The average Bonchev–Trinajstić information content (AvgIpc) is 3.40. The SMILES string of the molecule is CN1CCC(Oc2ccc(N=C3SC(=Cc4cncs4)C(=O)N3C(=O)NC3CC3)c(C(F)(F)F)c2)CC1. The molecule has 13 heteroatoms. The second kappa shape index (κ2) is 10.5. The molecular formula is C24H24F3N5O3S2. The van der Waals surface area contributed by atoms with Crippen LogP contribution in [0.2, 0.25) is 0 Å². The number of urea groups is 1. The van der Waals surface area contributed by atoms with Crippen molar-refractivity contribution in [3.8, 4) is 5.75 Å². The first-order valence-corrected chi connectivity index (χ1v) is 13.4. The summed E-state index contributed by atoms with van der Waals surface area (Å²) >= 11 is 2.14. The Balaban J connectivity index is 1.46. The lowest BCUT2D eigenvalue weighted by Crippen LogP contribution is -2.43. The maximum atomic E-state index is 14.1. The van der Waals surface area contributed by atoms with Gasteiger partial charge in [-0.3, -0.25) is 9.78 Å². The van der Waals surface area contributed by atoms with Crippen LogP contribution in [0.25, 0.3) is 6.08 Å². The number of hydrogen-bond donors (Lipinski definition) is 1. The minimum Gasteiger partial charge on any atom is -0.490 e. The van der Waals surface area contributed by atoms with Gasteiger partial charge in [-0.25, -0.2) is 14.7 Å². The number of piperidine rings is 1. The number of carbonyl (C=O) groups excluding carboxylic acids is 2. The van der Waals surface area contributed by atoms with Crippen LogP contribution in [0.5, 0.6) is 5.75 Å². The molecule has 2 aromatic rings. The lowest BCUT2D eigenvalue weighted by atomic mass is 10.1. The van der Waals surface area contributed by atoms with E-state index in [9.17, 15) is 22.8 Å². The van der Waals surface area contributed by atoms with Gasteiger partial charge >= 0.3 is 12.2 Å². The zero-order chi connectivity index (χ0) is 26.2. The van der Waals surface area contributed by atoms with E-state index in [-0.39, 0.29) is 28.0 Å². The van der Waals surface area contributed by atoms with Crippen molar-refractivity contribution >= 4 is 52.0 Å². The third-order valence-corrected chi connectivity index (χ3v) is 7.79. The number of ether oxygens (including phenoxy) is 1. The summed E-state index contributed by atoms with van der Waals surface area (Å²) in [6, 6.07) is 2.83. The maximum absolute atomic E-state index is 14.1. The van der Waals surface area contributed by atoms with Gasteiger partial charge in [-0.2, -0.15) is 13.2 Å². The van der Waals surface area contributed by atoms with Gasteiger partial charge < -0.3 is 15.0 Å². The van der Waals surface area contributed by atoms with Gasteiger partial charge in [-0.15, -0.1) is 11.3 Å². The first-order valence-electron chi connectivity index (χ1n) is 11.8. The fourth-order valence-corrected chi connectivity index (χ4v) is 5.52. The van der Waals surface area contributed by atoms with Crippen LogP contribution < -0.4 is 10.1 Å². The number of hydrogen-bond acceptors (Lipinski definition) is 8. The highest BCUT2D eigenvalue weighted by Crippen LogP contribution is 2.41. The Bertz CT molecular complexity index is 1240. The molecule has 8 nitrogen and oxygen atoms in total. The van der Waals surface area contributed by atoms with Crippen molar-refractivity contribution in [3.63, 3.8) is 0 Å². The van der Waals surface area contributed by atoms with E-state index in [0.717, 1.165) is 61.5 Å². The minimum atomic E-state index is -4.72. The molecule has 196 valence electrons. The standard InChI is InChI=1S/C24H24F3N5O3S2/c1-31-8-6-15(7-9-31)35-16-4-5-19(18(10-16)24(25,26)27)30-23-32(22(34)29-14-2-3-14)21(33)20(37-23)11-17-12-28-13-36-17/h4-5,10-15H,2-3,6-9H2,1H3,(H,29,34). The van der Waals surface area contributed by atoms with Crippen molar-refractivity contribution in [2.24, 2.45) is 4.99 Å². The summed E-state index contributed by atoms with van der Waals surface area (Å²) in [6.45, 7) is 1.62. The van der Waals surface area contributed by atoms with Crippen molar-refractivity contribution in [2.45, 2.75) is 44.0 Å². The summed E-state index contributed by atoms with van der Waals surface area (Å²) in [5.74, 6) is -0.541. The van der Waals surface area contributed by atoms with Crippen molar-refractivity contribution < 1.29 is 27.5 Å².